The van der Waals surface area contributed by atoms with Crippen molar-refractivity contribution >= 4 is 23.2 Å². The fourth-order valence-electron chi connectivity index (χ4n) is 2.19. The van der Waals surface area contributed by atoms with Crippen molar-refractivity contribution < 1.29 is 9.53 Å². The largest absolute Gasteiger partial charge is 0.495 e. The van der Waals surface area contributed by atoms with Gasteiger partial charge in [-0.05, 0) is 30.4 Å². The SMILES string of the molecule is COc1cc(Cl)c(C)cc1NC(=O)C(CN)CC(C)(C)C. The number of methoxy groups -OCH3 is 1. The molecule has 1 amide bonds. The Morgan fingerprint density at radius 2 is 2.05 bits per heavy atom. The Morgan fingerprint density at radius 1 is 1.43 bits per heavy atom. The van der Waals surface area contributed by atoms with Crippen molar-refractivity contribution in [3.63, 3.8) is 0 Å². The maximum atomic E-state index is 12.4. The smallest absolute Gasteiger partial charge is 0.228 e. The zero-order valence-electron chi connectivity index (χ0n) is 13.4. The van der Waals surface area contributed by atoms with Gasteiger partial charge in [0.25, 0.3) is 0 Å². The van der Waals surface area contributed by atoms with Crippen LogP contribution in [0.3, 0.4) is 0 Å². The van der Waals surface area contributed by atoms with Crippen molar-refractivity contribution in [2.24, 2.45) is 17.1 Å². The number of nitrogens with one attached hydrogen (secondary N) is 1. The highest BCUT2D eigenvalue weighted by Gasteiger charge is 2.24. The maximum absolute atomic E-state index is 12.4. The third kappa shape index (κ3) is 5.21. The van der Waals surface area contributed by atoms with Crippen LogP contribution in [0.15, 0.2) is 12.1 Å². The molecule has 0 spiro atoms. The molecule has 0 aliphatic heterocycles. The standard InChI is InChI=1S/C16H25ClN2O2/c1-10-6-13(14(21-5)7-12(10)17)19-15(20)11(9-18)8-16(2,3)4/h6-7,11H,8-9,18H2,1-5H3,(H,19,20). The van der Waals surface area contributed by atoms with Crippen LogP contribution < -0.4 is 15.8 Å². The van der Waals surface area contributed by atoms with Crippen LogP contribution in [0.25, 0.3) is 0 Å². The average molecular weight is 313 g/mol. The minimum Gasteiger partial charge on any atom is -0.495 e. The van der Waals surface area contributed by atoms with Crippen LogP contribution in [0, 0.1) is 18.3 Å². The molecule has 5 heteroatoms. The summed E-state index contributed by atoms with van der Waals surface area (Å²) in [5, 5.41) is 3.51. The second-order valence-electron chi connectivity index (χ2n) is 6.49. The van der Waals surface area contributed by atoms with Gasteiger partial charge in [0.1, 0.15) is 5.75 Å². The first-order valence-electron chi connectivity index (χ1n) is 7.03. The lowest BCUT2D eigenvalue weighted by Gasteiger charge is -2.24. The van der Waals surface area contributed by atoms with Gasteiger partial charge in [0, 0.05) is 17.6 Å². The molecule has 0 saturated heterocycles. The summed E-state index contributed by atoms with van der Waals surface area (Å²) < 4.78 is 5.27. The Labute approximate surface area is 132 Å². The Hall–Kier alpha value is -1.26. The van der Waals surface area contributed by atoms with E-state index in [1.807, 2.05) is 13.0 Å². The summed E-state index contributed by atoms with van der Waals surface area (Å²) in [6, 6.07) is 3.51. The minimum atomic E-state index is -0.231. The van der Waals surface area contributed by atoms with Gasteiger partial charge in [-0.1, -0.05) is 32.4 Å². The van der Waals surface area contributed by atoms with Crippen LogP contribution >= 0.6 is 11.6 Å². The monoisotopic (exact) mass is 312 g/mol. The molecule has 0 saturated carbocycles. The summed E-state index contributed by atoms with van der Waals surface area (Å²) in [5.41, 5.74) is 7.29. The van der Waals surface area contributed by atoms with E-state index >= 15 is 0 Å². The van der Waals surface area contributed by atoms with Crippen molar-refractivity contribution in [2.45, 2.75) is 34.1 Å². The molecule has 118 valence electrons. The summed E-state index contributed by atoms with van der Waals surface area (Å²) in [4.78, 5) is 12.4. The molecule has 0 radical (unpaired) electrons. The van der Waals surface area contributed by atoms with E-state index in [1.54, 1.807) is 13.2 Å². The first-order chi connectivity index (χ1) is 9.67. The zero-order chi connectivity index (χ0) is 16.2. The third-order valence-electron chi connectivity index (χ3n) is 3.25. The van der Waals surface area contributed by atoms with Gasteiger partial charge in [-0.2, -0.15) is 0 Å². The molecule has 3 N–H and O–H groups in total. The van der Waals surface area contributed by atoms with E-state index in [2.05, 4.69) is 26.1 Å². The number of rotatable bonds is 5. The molecule has 1 rings (SSSR count). The van der Waals surface area contributed by atoms with E-state index in [1.165, 1.54) is 0 Å². The number of hydrogen-bond acceptors (Lipinski definition) is 3. The Bertz CT molecular complexity index is 510. The predicted octanol–water partition coefficient (Wildman–Crippen LogP) is 3.61. The zero-order valence-corrected chi connectivity index (χ0v) is 14.2. The number of nitrogens with two attached hydrogens (primary N) is 1. The third-order valence-corrected chi connectivity index (χ3v) is 3.66. The van der Waals surface area contributed by atoms with E-state index < -0.39 is 0 Å². The van der Waals surface area contributed by atoms with E-state index in [0.717, 1.165) is 12.0 Å². The van der Waals surface area contributed by atoms with Crippen LogP contribution in [-0.2, 0) is 4.79 Å². The molecule has 1 atom stereocenters. The molecule has 4 nitrogen and oxygen atoms in total. The fourth-order valence-corrected chi connectivity index (χ4v) is 2.34. The van der Waals surface area contributed by atoms with Gasteiger partial charge >= 0.3 is 0 Å². The molecule has 0 aliphatic rings. The molecule has 1 aromatic rings. The highest BCUT2D eigenvalue weighted by atomic mass is 35.5. The van der Waals surface area contributed by atoms with Gasteiger partial charge in [-0.15, -0.1) is 0 Å². The van der Waals surface area contributed by atoms with Crippen molar-refractivity contribution in [3.05, 3.63) is 22.7 Å². The minimum absolute atomic E-state index is 0.0430. The molecular weight excluding hydrogens is 288 g/mol. The van der Waals surface area contributed by atoms with E-state index in [-0.39, 0.29) is 17.2 Å². The summed E-state index contributed by atoms with van der Waals surface area (Å²) in [6.45, 7) is 8.48. The number of anilines is 1. The van der Waals surface area contributed by atoms with Crippen LogP contribution in [0.4, 0.5) is 5.69 Å². The molecule has 0 fully saturated rings. The number of carbonyl (C=O) groups excluding carboxylic acids is 1. The van der Waals surface area contributed by atoms with Crippen molar-refractivity contribution in [1.82, 2.24) is 0 Å². The van der Waals surface area contributed by atoms with Gasteiger partial charge in [-0.3, -0.25) is 4.79 Å². The van der Waals surface area contributed by atoms with Crippen molar-refractivity contribution in [3.8, 4) is 5.75 Å². The molecule has 0 aromatic heterocycles. The highest BCUT2D eigenvalue weighted by Crippen LogP contribution is 2.32. The molecule has 0 bridgehead atoms. The Morgan fingerprint density at radius 3 is 2.52 bits per heavy atom. The summed E-state index contributed by atoms with van der Waals surface area (Å²) in [7, 11) is 1.55. The second kappa shape index (κ2) is 7.14. The van der Waals surface area contributed by atoms with Crippen LogP contribution in [0.1, 0.15) is 32.8 Å². The van der Waals surface area contributed by atoms with Crippen LogP contribution in [-0.4, -0.2) is 19.6 Å². The van der Waals surface area contributed by atoms with Gasteiger partial charge in [-0.25, -0.2) is 0 Å². The average Bonchev–Trinajstić information content (AvgIpc) is 2.38. The topological polar surface area (TPSA) is 64.3 Å². The molecular formula is C16H25ClN2O2. The second-order valence-corrected chi connectivity index (χ2v) is 6.90. The first-order valence-corrected chi connectivity index (χ1v) is 7.41. The number of carbonyl (C=O) groups is 1. The first kappa shape index (κ1) is 17.8. The van der Waals surface area contributed by atoms with Gasteiger partial charge in [0.05, 0.1) is 18.7 Å². The number of hydrogen-bond donors (Lipinski definition) is 2. The summed E-state index contributed by atoms with van der Waals surface area (Å²) >= 11 is 6.07. The molecule has 0 aliphatic carbocycles. The van der Waals surface area contributed by atoms with Gasteiger partial charge in [0.2, 0.25) is 5.91 Å². The van der Waals surface area contributed by atoms with E-state index in [4.69, 9.17) is 22.1 Å². The Balaban J connectivity index is 2.94. The van der Waals surface area contributed by atoms with E-state index in [9.17, 15) is 4.79 Å². The number of ether oxygens (including phenoxy) is 1. The highest BCUT2D eigenvalue weighted by molar-refractivity contribution is 6.31. The lowest BCUT2D eigenvalue weighted by atomic mass is 9.84. The van der Waals surface area contributed by atoms with Gasteiger partial charge in [0.15, 0.2) is 0 Å². The maximum Gasteiger partial charge on any atom is 0.228 e. The fraction of sp³-hybridized carbons (Fsp3) is 0.562. The summed E-state index contributed by atoms with van der Waals surface area (Å²) in [5.74, 6) is 0.226. The number of aryl methyl sites for hydroxylation is 1. The van der Waals surface area contributed by atoms with Gasteiger partial charge < -0.3 is 15.8 Å². The van der Waals surface area contributed by atoms with Crippen LogP contribution in [0.5, 0.6) is 5.75 Å². The Kier molecular flexibility index (Phi) is 6.05. The number of benzene rings is 1. The quantitative estimate of drug-likeness (QED) is 0.873. The lowest BCUT2D eigenvalue weighted by Crippen LogP contribution is -2.32. The molecule has 1 aromatic carbocycles. The number of amides is 1. The van der Waals surface area contributed by atoms with Crippen molar-refractivity contribution in [2.75, 3.05) is 19.0 Å². The lowest BCUT2D eigenvalue weighted by molar-refractivity contribution is -0.120. The molecule has 0 heterocycles. The van der Waals surface area contributed by atoms with Crippen molar-refractivity contribution in [1.29, 1.82) is 0 Å². The normalized spacial score (nSPS) is 12.9. The predicted molar refractivity (Wildman–Crippen MR) is 88.0 cm³/mol. The number of halogens is 1. The molecule has 1 unspecified atom stereocenters. The van der Waals surface area contributed by atoms with E-state index in [0.29, 0.717) is 23.0 Å². The van der Waals surface area contributed by atoms with Crippen LogP contribution in [0.2, 0.25) is 5.02 Å². The summed E-state index contributed by atoms with van der Waals surface area (Å²) in [6.07, 6.45) is 0.726. The molecule has 21 heavy (non-hydrogen) atoms.